The number of hydrogen-bond acceptors (Lipinski definition) is 0. The molecule has 0 aliphatic carbocycles. The summed E-state index contributed by atoms with van der Waals surface area (Å²) in [5.41, 5.74) is 1.01. The largest absolute Gasteiger partial charge is 0.207 e. The molecule has 2 atom stereocenters. The quantitative estimate of drug-likeness (QED) is 0.654. The summed E-state index contributed by atoms with van der Waals surface area (Å²) in [5, 5.41) is 0.128. The zero-order chi connectivity index (χ0) is 9.84. The topological polar surface area (TPSA) is 0 Å². The van der Waals surface area contributed by atoms with Gasteiger partial charge in [-0.3, -0.25) is 0 Å². The van der Waals surface area contributed by atoms with Crippen LogP contribution in [0.1, 0.15) is 19.4 Å². The molecule has 0 radical (unpaired) electrons. The lowest BCUT2D eigenvalue weighted by atomic mass is 9.99. The van der Waals surface area contributed by atoms with Crippen molar-refractivity contribution < 1.29 is 4.39 Å². The Labute approximate surface area is 83.7 Å². The highest BCUT2D eigenvalue weighted by atomic mass is 35.5. The lowest BCUT2D eigenvalue weighted by Crippen LogP contribution is -2.10. The first-order valence-electron chi connectivity index (χ1n) is 4.48. The van der Waals surface area contributed by atoms with Crippen molar-refractivity contribution in [2.75, 3.05) is 0 Å². The van der Waals surface area contributed by atoms with Gasteiger partial charge in [0.1, 0.15) is 5.82 Å². The van der Waals surface area contributed by atoms with E-state index >= 15 is 0 Å². The summed E-state index contributed by atoms with van der Waals surface area (Å²) in [4.78, 5) is 0. The highest BCUT2D eigenvalue weighted by Crippen LogP contribution is 2.16. The molecule has 1 aromatic carbocycles. The molecular formula is C11H14ClF. The van der Waals surface area contributed by atoms with Gasteiger partial charge in [0.05, 0.1) is 0 Å². The van der Waals surface area contributed by atoms with Crippen LogP contribution in [0.15, 0.2) is 24.3 Å². The van der Waals surface area contributed by atoms with Crippen molar-refractivity contribution in [3.63, 3.8) is 0 Å². The number of benzene rings is 1. The van der Waals surface area contributed by atoms with Crippen LogP contribution >= 0.6 is 11.6 Å². The van der Waals surface area contributed by atoms with Crippen molar-refractivity contribution in [1.82, 2.24) is 0 Å². The first-order chi connectivity index (χ1) is 6.09. The molecule has 0 aliphatic heterocycles. The molecule has 2 heteroatoms. The summed E-state index contributed by atoms with van der Waals surface area (Å²) in [6.07, 6.45) is 0.836. The third kappa shape index (κ3) is 3.35. The molecule has 0 amide bonds. The standard InChI is InChI=1S/C11H14ClF/c1-8(9(2)12)6-10-4-3-5-11(13)7-10/h3-5,7-9H,6H2,1-2H3. The second-order valence-electron chi connectivity index (χ2n) is 3.49. The first kappa shape index (κ1) is 10.5. The average Bonchev–Trinajstić information content (AvgIpc) is 2.04. The fourth-order valence-electron chi connectivity index (χ4n) is 1.20. The summed E-state index contributed by atoms with van der Waals surface area (Å²) >= 11 is 5.92. The van der Waals surface area contributed by atoms with E-state index in [9.17, 15) is 4.39 Å². The maximum atomic E-state index is 12.8. The van der Waals surface area contributed by atoms with E-state index < -0.39 is 0 Å². The van der Waals surface area contributed by atoms with Gasteiger partial charge < -0.3 is 0 Å². The van der Waals surface area contributed by atoms with Crippen LogP contribution in [0.25, 0.3) is 0 Å². The Kier molecular flexibility index (Phi) is 3.73. The molecule has 0 saturated heterocycles. The number of alkyl halides is 1. The van der Waals surface area contributed by atoms with Crippen LogP contribution in [-0.2, 0) is 6.42 Å². The van der Waals surface area contributed by atoms with Crippen molar-refractivity contribution in [3.8, 4) is 0 Å². The Morgan fingerprint density at radius 3 is 2.62 bits per heavy atom. The predicted molar refractivity (Wildman–Crippen MR) is 54.6 cm³/mol. The molecular weight excluding hydrogens is 187 g/mol. The Hall–Kier alpha value is -0.560. The van der Waals surface area contributed by atoms with Gasteiger partial charge in [0.2, 0.25) is 0 Å². The zero-order valence-corrected chi connectivity index (χ0v) is 8.68. The van der Waals surface area contributed by atoms with Crippen molar-refractivity contribution in [2.24, 2.45) is 5.92 Å². The van der Waals surface area contributed by atoms with E-state index in [1.54, 1.807) is 12.1 Å². The van der Waals surface area contributed by atoms with Crippen LogP contribution in [-0.4, -0.2) is 5.38 Å². The van der Waals surface area contributed by atoms with Gasteiger partial charge in [-0.1, -0.05) is 19.1 Å². The molecule has 0 fully saturated rings. The minimum atomic E-state index is -0.174. The monoisotopic (exact) mass is 200 g/mol. The number of rotatable bonds is 3. The van der Waals surface area contributed by atoms with Gasteiger partial charge in [-0.15, -0.1) is 11.6 Å². The molecule has 0 saturated carbocycles. The lowest BCUT2D eigenvalue weighted by molar-refractivity contribution is 0.562. The van der Waals surface area contributed by atoms with Crippen LogP contribution in [0.2, 0.25) is 0 Å². The molecule has 0 aliphatic rings. The highest BCUT2D eigenvalue weighted by Gasteiger charge is 2.09. The fraction of sp³-hybridized carbons (Fsp3) is 0.455. The molecule has 1 aromatic rings. The first-order valence-corrected chi connectivity index (χ1v) is 4.91. The van der Waals surface area contributed by atoms with Gasteiger partial charge in [0.25, 0.3) is 0 Å². The van der Waals surface area contributed by atoms with Gasteiger partial charge in [0.15, 0.2) is 0 Å². The molecule has 0 heterocycles. The van der Waals surface area contributed by atoms with E-state index in [0.29, 0.717) is 5.92 Å². The van der Waals surface area contributed by atoms with Crippen molar-refractivity contribution >= 4 is 11.6 Å². The smallest absolute Gasteiger partial charge is 0.123 e. The number of halogens is 2. The van der Waals surface area contributed by atoms with Gasteiger partial charge in [-0.05, 0) is 37.0 Å². The Bertz CT molecular complexity index is 271. The Balaban J connectivity index is 2.64. The third-order valence-electron chi connectivity index (χ3n) is 2.23. The average molecular weight is 201 g/mol. The van der Waals surface area contributed by atoms with E-state index in [1.165, 1.54) is 6.07 Å². The molecule has 0 nitrogen and oxygen atoms in total. The van der Waals surface area contributed by atoms with Crippen LogP contribution < -0.4 is 0 Å². The minimum absolute atomic E-state index is 0.128. The minimum Gasteiger partial charge on any atom is -0.207 e. The second-order valence-corrected chi connectivity index (χ2v) is 4.18. The molecule has 72 valence electrons. The van der Waals surface area contributed by atoms with E-state index in [1.807, 2.05) is 13.0 Å². The SMILES string of the molecule is CC(Cl)C(C)Cc1cccc(F)c1. The summed E-state index contributed by atoms with van der Waals surface area (Å²) < 4.78 is 12.8. The van der Waals surface area contributed by atoms with Gasteiger partial charge >= 0.3 is 0 Å². The van der Waals surface area contributed by atoms with E-state index in [-0.39, 0.29) is 11.2 Å². The molecule has 2 unspecified atom stereocenters. The highest BCUT2D eigenvalue weighted by molar-refractivity contribution is 6.20. The maximum absolute atomic E-state index is 12.8. The molecule has 0 aromatic heterocycles. The van der Waals surface area contributed by atoms with E-state index in [4.69, 9.17) is 11.6 Å². The lowest BCUT2D eigenvalue weighted by Gasteiger charge is -2.13. The van der Waals surface area contributed by atoms with Crippen LogP contribution in [0.4, 0.5) is 4.39 Å². The Morgan fingerprint density at radius 1 is 1.38 bits per heavy atom. The predicted octanol–water partition coefficient (Wildman–Crippen LogP) is 3.63. The van der Waals surface area contributed by atoms with E-state index in [0.717, 1.165) is 12.0 Å². The molecule has 13 heavy (non-hydrogen) atoms. The third-order valence-corrected chi connectivity index (χ3v) is 2.66. The number of hydrogen-bond donors (Lipinski definition) is 0. The van der Waals surface area contributed by atoms with Crippen LogP contribution in [0.3, 0.4) is 0 Å². The van der Waals surface area contributed by atoms with E-state index in [2.05, 4.69) is 6.92 Å². The van der Waals surface area contributed by atoms with Gasteiger partial charge in [0, 0.05) is 5.38 Å². The normalized spacial score (nSPS) is 15.4. The zero-order valence-electron chi connectivity index (χ0n) is 7.93. The summed E-state index contributed by atoms with van der Waals surface area (Å²) in [5.74, 6) is 0.204. The summed E-state index contributed by atoms with van der Waals surface area (Å²) in [7, 11) is 0. The summed E-state index contributed by atoms with van der Waals surface area (Å²) in [6, 6.07) is 6.68. The molecule has 1 rings (SSSR count). The Morgan fingerprint density at radius 2 is 2.08 bits per heavy atom. The van der Waals surface area contributed by atoms with Crippen molar-refractivity contribution in [3.05, 3.63) is 35.6 Å². The van der Waals surface area contributed by atoms with Crippen LogP contribution in [0, 0.1) is 11.7 Å². The van der Waals surface area contributed by atoms with Crippen LogP contribution in [0.5, 0.6) is 0 Å². The molecule has 0 bridgehead atoms. The molecule has 0 N–H and O–H groups in total. The fourth-order valence-corrected chi connectivity index (χ4v) is 1.29. The van der Waals surface area contributed by atoms with Crippen molar-refractivity contribution in [1.29, 1.82) is 0 Å². The molecule has 0 spiro atoms. The maximum Gasteiger partial charge on any atom is 0.123 e. The second kappa shape index (κ2) is 4.61. The van der Waals surface area contributed by atoms with Gasteiger partial charge in [-0.25, -0.2) is 4.39 Å². The van der Waals surface area contributed by atoms with Gasteiger partial charge in [-0.2, -0.15) is 0 Å². The van der Waals surface area contributed by atoms with Crippen molar-refractivity contribution in [2.45, 2.75) is 25.6 Å². The summed E-state index contributed by atoms with van der Waals surface area (Å²) in [6.45, 7) is 4.04.